The van der Waals surface area contributed by atoms with Crippen molar-refractivity contribution in [2.24, 2.45) is 16.9 Å². The average Bonchev–Trinajstić information content (AvgIpc) is 2.32. The molecule has 4 N–H and O–H groups in total. The fourth-order valence-electron chi connectivity index (χ4n) is 1.61. The SMILES string of the molecule is CC1(C(N)=O)CCN(CC(N)=S)C1. The van der Waals surface area contributed by atoms with Gasteiger partial charge in [-0.1, -0.05) is 12.2 Å². The molecular weight excluding hydrogens is 186 g/mol. The second-order valence-electron chi connectivity index (χ2n) is 3.85. The van der Waals surface area contributed by atoms with Gasteiger partial charge in [-0.2, -0.15) is 0 Å². The van der Waals surface area contributed by atoms with Crippen molar-refractivity contribution in [3.05, 3.63) is 0 Å². The molecule has 1 aliphatic rings. The van der Waals surface area contributed by atoms with Gasteiger partial charge in [-0.3, -0.25) is 9.69 Å². The van der Waals surface area contributed by atoms with Gasteiger partial charge in [0, 0.05) is 13.1 Å². The van der Waals surface area contributed by atoms with Gasteiger partial charge in [0.1, 0.15) is 0 Å². The maximum Gasteiger partial charge on any atom is 0.224 e. The molecular formula is C8H15N3OS. The van der Waals surface area contributed by atoms with Gasteiger partial charge in [-0.15, -0.1) is 0 Å². The molecule has 0 aliphatic carbocycles. The first kappa shape index (κ1) is 10.4. The smallest absolute Gasteiger partial charge is 0.224 e. The minimum absolute atomic E-state index is 0.238. The van der Waals surface area contributed by atoms with Gasteiger partial charge in [0.25, 0.3) is 0 Å². The molecule has 0 radical (unpaired) electrons. The predicted octanol–water partition coefficient (Wildman–Crippen LogP) is -0.530. The third-order valence-electron chi connectivity index (χ3n) is 2.53. The highest BCUT2D eigenvalue weighted by Gasteiger charge is 2.38. The van der Waals surface area contributed by atoms with Crippen molar-refractivity contribution in [2.45, 2.75) is 13.3 Å². The van der Waals surface area contributed by atoms with Gasteiger partial charge in [0.2, 0.25) is 5.91 Å². The summed E-state index contributed by atoms with van der Waals surface area (Å²) in [5, 5.41) is 0. The number of nitrogens with two attached hydrogens (primary N) is 2. The Labute approximate surface area is 83.2 Å². The monoisotopic (exact) mass is 201 g/mol. The van der Waals surface area contributed by atoms with Crippen LogP contribution in [0.4, 0.5) is 0 Å². The number of hydrogen-bond acceptors (Lipinski definition) is 3. The lowest BCUT2D eigenvalue weighted by Gasteiger charge is -2.20. The Morgan fingerprint density at radius 3 is 2.62 bits per heavy atom. The maximum absolute atomic E-state index is 11.1. The summed E-state index contributed by atoms with van der Waals surface area (Å²) in [4.78, 5) is 13.6. The van der Waals surface area contributed by atoms with E-state index in [4.69, 9.17) is 23.7 Å². The van der Waals surface area contributed by atoms with Crippen molar-refractivity contribution in [3.8, 4) is 0 Å². The molecule has 1 aliphatic heterocycles. The average molecular weight is 201 g/mol. The number of nitrogens with zero attached hydrogens (tertiary/aromatic N) is 1. The number of likely N-dealkylation sites (tertiary alicyclic amines) is 1. The van der Waals surface area contributed by atoms with E-state index in [-0.39, 0.29) is 5.91 Å². The Kier molecular flexibility index (Phi) is 2.87. The summed E-state index contributed by atoms with van der Waals surface area (Å²) in [6.45, 7) is 3.98. The maximum atomic E-state index is 11.1. The van der Waals surface area contributed by atoms with Gasteiger partial charge in [0.15, 0.2) is 0 Å². The van der Waals surface area contributed by atoms with E-state index < -0.39 is 5.41 Å². The summed E-state index contributed by atoms with van der Waals surface area (Å²) in [7, 11) is 0. The highest BCUT2D eigenvalue weighted by molar-refractivity contribution is 7.80. The van der Waals surface area contributed by atoms with Gasteiger partial charge in [-0.05, 0) is 19.9 Å². The second-order valence-corrected chi connectivity index (χ2v) is 4.38. The Balaban J connectivity index is 2.53. The molecule has 74 valence electrons. The quantitative estimate of drug-likeness (QED) is 0.602. The van der Waals surface area contributed by atoms with E-state index in [1.165, 1.54) is 0 Å². The van der Waals surface area contributed by atoms with Crippen LogP contribution < -0.4 is 11.5 Å². The fraction of sp³-hybridized carbons (Fsp3) is 0.750. The molecule has 13 heavy (non-hydrogen) atoms. The minimum Gasteiger partial charge on any atom is -0.392 e. The van der Waals surface area contributed by atoms with Crippen LogP contribution in [0, 0.1) is 5.41 Å². The number of carbonyl (C=O) groups is 1. The van der Waals surface area contributed by atoms with Crippen LogP contribution in [0.1, 0.15) is 13.3 Å². The molecule has 0 aromatic heterocycles. The van der Waals surface area contributed by atoms with E-state index in [9.17, 15) is 4.79 Å². The van der Waals surface area contributed by atoms with Crippen LogP contribution >= 0.6 is 12.2 Å². The molecule has 4 nitrogen and oxygen atoms in total. The fourth-order valence-corrected chi connectivity index (χ4v) is 1.80. The van der Waals surface area contributed by atoms with E-state index in [1.807, 2.05) is 6.92 Å². The van der Waals surface area contributed by atoms with Crippen LogP contribution in [0.2, 0.25) is 0 Å². The van der Waals surface area contributed by atoms with Crippen LogP contribution in [0.15, 0.2) is 0 Å². The van der Waals surface area contributed by atoms with E-state index >= 15 is 0 Å². The number of amides is 1. The minimum atomic E-state index is -0.398. The summed E-state index contributed by atoms with van der Waals surface area (Å²) in [6.07, 6.45) is 0.797. The summed E-state index contributed by atoms with van der Waals surface area (Å²) in [6, 6.07) is 0. The summed E-state index contributed by atoms with van der Waals surface area (Å²) >= 11 is 4.79. The second kappa shape index (κ2) is 3.59. The third-order valence-corrected chi connectivity index (χ3v) is 2.66. The lowest BCUT2D eigenvalue weighted by atomic mass is 9.89. The lowest BCUT2D eigenvalue weighted by molar-refractivity contribution is -0.126. The van der Waals surface area contributed by atoms with Crippen molar-refractivity contribution >= 4 is 23.1 Å². The molecule has 5 heteroatoms. The number of carbonyl (C=O) groups excluding carboxylic acids is 1. The normalized spacial score (nSPS) is 29.0. The van der Waals surface area contributed by atoms with Crippen molar-refractivity contribution in [3.63, 3.8) is 0 Å². The van der Waals surface area contributed by atoms with E-state index in [0.717, 1.165) is 13.0 Å². The molecule has 0 saturated carbocycles. The van der Waals surface area contributed by atoms with E-state index in [1.54, 1.807) is 0 Å². The van der Waals surface area contributed by atoms with Gasteiger partial charge < -0.3 is 11.5 Å². The largest absolute Gasteiger partial charge is 0.392 e. The molecule has 0 aromatic carbocycles. The molecule has 1 unspecified atom stereocenters. The van der Waals surface area contributed by atoms with Crippen molar-refractivity contribution < 1.29 is 4.79 Å². The first-order valence-electron chi connectivity index (χ1n) is 4.24. The van der Waals surface area contributed by atoms with Crippen LogP contribution in [-0.2, 0) is 4.79 Å². The molecule has 0 aromatic rings. The predicted molar refractivity (Wildman–Crippen MR) is 55.1 cm³/mol. The van der Waals surface area contributed by atoms with Gasteiger partial charge in [0.05, 0.1) is 10.4 Å². The standard InChI is InChI=1S/C8H15N3OS/c1-8(7(10)12)2-3-11(5-8)4-6(9)13/h2-5H2,1H3,(H2,9,13)(H2,10,12). The topological polar surface area (TPSA) is 72.4 Å². The Morgan fingerprint density at radius 2 is 2.23 bits per heavy atom. The first-order chi connectivity index (χ1) is 5.94. The van der Waals surface area contributed by atoms with Crippen molar-refractivity contribution in [1.82, 2.24) is 4.90 Å². The first-order valence-corrected chi connectivity index (χ1v) is 4.65. The molecule has 1 atom stereocenters. The number of primary amides is 1. The van der Waals surface area contributed by atoms with Crippen molar-refractivity contribution in [2.75, 3.05) is 19.6 Å². The Morgan fingerprint density at radius 1 is 1.62 bits per heavy atom. The Bertz CT molecular complexity index is 244. The summed E-state index contributed by atoms with van der Waals surface area (Å²) in [5.41, 5.74) is 10.3. The van der Waals surface area contributed by atoms with Crippen LogP contribution in [0.5, 0.6) is 0 Å². The highest BCUT2D eigenvalue weighted by Crippen LogP contribution is 2.28. The zero-order chi connectivity index (χ0) is 10.1. The molecule has 0 spiro atoms. The van der Waals surface area contributed by atoms with E-state index in [0.29, 0.717) is 18.1 Å². The molecule has 1 heterocycles. The summed E-state index contributed by atoms with van der Waals surface area (Å²) in [5.74, 6) is -0.238. The zero-order valence-corrected chi connectivity index (χ0v) is 8.56. The van der Waals surface area contributed by atoms with Crippen LogP contribution in [0.3, 0.4) is 0 Å². The molecule has 1 rings (SSSR count). The van der Waals surface area contributed by atoms with E-state index in [2.05, 4.69) is 4.90 Å². The molecule has 0 bridgehead atoms. The van der Waals surface area contributed by atoms with Crippen LogP contribution in [-0.4, -0.2) is 35.4 Å². The Hall–Kier alpha value is -0.680. The molecule has 1 fully saturated rings. The van der Waals surface area contributed by atoms with Gasteiger partial charge in [-0.25, -0.2) is 0 Å². The van der Waals surface area contributed by atoms with Gasteiger partial charge >= 0.3 is 0 Å². The lowest BCUT2D eigenvalue weighted by Crippen LogP contribution is -2.38. The van der Waals surface area contributed by atoms with Crippen LogP contribution in [0.25, 0.3) is 0 Å². The number of hydrogen-bond donors (Lipinski definition) is 2. The highest BCUT2D eigenvalue weighted by atomic mass is 32.1. The number of thiocarbonyl (C=S) groups is 1. The molecule has 1 saturated heterocycles. The zero-order valence-electron chi connectivity index (χ0n) is 7.75. The summed E-state index contributed by atoms with van der Waals surface area (Å²) < 4.78 is 0. The van der Waals surface area contributed by atoms with Crippen molar-refractivity contribution in [1.29, 1.82) is 0 Å². The molecule has 1 amide bonds. The third kappa shape index (κ3) is 2.38. The number of rotatable bonds is 3.